The molecule has 1 aliphatic rings. The highest BCUT2D eigenvalue weighted by molar-refractivity contribution is 14.1. The lowest BCUT2D eigenvalue weighted by molar-refractivity contribution is 0.494. The van der Waals surface area contributed by atoms with Gasteiger partial charge in [0.1, 0.15) is 0 Å². The molecule has 2 heteroatoms. The summed E-state index contributed by atoms with van der Waals surface area (Å²) in [4.78, 5) is 0. The van der Waals surface area contributed by atoms with Gasteiger partial charge in [0.15, 0.2) is 0 Å². The molecule has 1 atom stereocenters. The molecule has 0 aromatic heterocycles. The van der Waals surface area contributed by atoms with Crippen LogP contribution in [0.1, 0.15) is 26.2 Å². The Bertz CT molecular complexity index is 75.0. The quantitative estimate of drug-likeness (QED) is 0.463. The van der Waals surface area contributed by atoms with Crippen LogP contribution in [0, 0.1) is 5.92 Å². The van der Waals surface area contributed by atoms with Crippen molar-refractivity contribution >= 4 is 22.9 Å². The van der Waals surface area contributed by atoms with Crippen molar-refractivity contribution in [3.8, 4) is 0 Å². The largest absolute Gasteiger partial charge is 0.248 e. The lowest BCUT2D eigenvalue weighted by Gasteiger charge is -2.08. The number of nitrogens with zero attached hydrogens (tertiary/aromatic N) is 1. The van der Waals surface area contributed by atoms with E-state index in [2.05, 4.69) is 32.9 Å². The summed E-state index contributed by atoms with van der Waals surface area (Å²) in [5.41, 5.74) is 0. The van der Waals surface area contributed by atoms with Crippen LogP contribution in [0.2, 0.25) is 0 Å². The molecule has 0 spiro atoms. The third kappa shape index (κ3) is 2.85. The van der Waals surface area contributed by atoms with Gasteiger partial charge in [-0.3, -0.25) is 0 Å². The summed E-state index contributed by atoms with van der Waals surface area (Å²) in [5, 5.41) is 0. The van der Waals surface area contributed by atoms with E-state index in [9.17, 15) is 0 Å². The number of rotatable bonds is 0. The lowest BCUT2D eigenvalue weighted by Crippen LogP contribution is -2.11. The van der Waals surface area contributed by atoms with E-state index in [-0.39, 0.29) is 0 Å². The van der Waals surface area contributed by atoms with Crippen molar-refractivity contribution in [3.05, 3.63) is 0 Å². The molecule has 0 bridgehead atoms. The van der Waals surface area contributed by atoms with Gasteiger partial charge in [0, 0.05) is 36.0 Å². The molecule has 1 nitrogen and oxygen atoms in total. The molecule has 0 aromatic carbocycles. The van der Waals surface area contributed by atoms with Gasteiger partial charge in [-0.2, -0.15) is 0 Å². The fraction of sp³-hybridized carbons (Fsp3) is 1.00. The predicted molar refractivity (Wildman–Crippen MR) is 48.6 cm³/mol. The topological polar surface area (TPSA) is 3.24 Å². The molecule has 0 radical (unpaired) electrons. The summed E-state index contributed by atoms with van der Waals surface area (Å²) in [5.74, 6) is 0.963. The van der Waals surface area contributed by atoms with Crippen LogP contribution in [0.15, 0.2) is 0 Å². The molecule has 0 saturated carbocycles. The van der Waals surface area contributed by atoms with Crippen LogP contribution in [-0.2, 0) is 0 Å². The van der Waals surface area contributed by atoms with Gasteiger partial charge in [-0.25, -0.2) is 3.11 Å². The number of hydrogen-bond donors (Lipinski definition) is 0. The second-order valence-electron chi connectivity index (χ2n) is 2.95. The average molecular weight is 239 g/mol. The second-order valence-corrected chi connectivity index (χ2v) is 4.31. The Morgan fingerprint density at radius 1 is 1.33 bits per heavy atom. The van der Waals surface area contributed by atoms with E-state index in [1.54, 1.807) is 0 Å². The zero-order valence-electron chi connectivity index (χ0n) is 5.94. The summed E-state index contributed by atoms with van der Waals surface area (Å²) in [6.45, 7) is 4.95. The number of hydrogen-bond acceptors (Lipinski definition) is 1. The minimum atomic E-state index is 0.963. The van der Waals surface area contributed by atoms with Crippen LogP contribution < -0.4 is 0 Å². The minimum absolute atomic E-state index is 0.963. The van der Waals surface area contributed by atoms with Gasteiger partial charge in [0.05, 0.1) is 0 Å². The molecule has 1 fully saturated rings. The van der Waals surface area contributed by atoms with E-state index in [1.165, 1.54) is 32.4 Å². The summed E-state index contributed by atoms with van der Waals surface area (Å²) >= 11 is 2.42. The van der Waals surface area contributed by atoms with E-state index < -0.39 is 0 Å². The summed E-state index contributed by atoms with van der Waals surface area (Å²) < 4.78 is 2.40. The lowest BCUT2D eigenvalue weighted by atomic mass is 10.0. The van der Waals surface area contributed by atoms with Crippen molar-refractivity contribution in [2.75, 3.05) is 13.1 Å². The van der Waals surface area contributed by atoms with Crippen molar-refractivity contribution in [2.45, 2.75) is 26.2 Å². The first-order chi connectivity index (χ1) is 4.29. The highest BCUT2D eigenvalue weighted by Gasteiger charge is 2.10. The van der Waals surface area contributed by atoms with Crippen molar-refractivity contribution < 1.29 is 0 Å². The zero-order chi connectivity index (χ0) is 6.69. The molecule has 9 heavy (non-hydrogen) atoms. The maximum atomic E-state index is 2.42. The first-order valence-corrected chi connectivity index (χ1v) is 4.66. The van der Waals surface area contributed by atoms with Crippen LogP contribution in [0.25, 0.3) is 0 Å². The average Bonchev–Trinajstić information content (AvgIpc) is 1.97. The van der Waals surface area contributed by atoms with E-state index >= 15 is 0 Å². The van der Waals surface area contributed by atoms with Gasteiger partial charge in [-0.1, -0.05) is 6.92 Å². The van der Waals surface area contributed by atoms with Crippen LogP contribution in [0.4, 0.5) is 0 Å². The van der Waals surface area contributed by atoms with E-state index in [0.29, 0.717) is 0 Å². The second kappa shape index (κ2) is 3.76. The van der Waals surface area contributed by atoms with Gasteiger partial charge < -0.3 is 0 Å². The smallest absolute Gasteiger partial charge is 0.0201 e. The Balaban J connectivity index is 2.25. The molecule has 0 N–H and O–H groups in total. The van der Waals surface area contributed by atoms with Crippen molar-refractivity contribution in [1.82, 2.24) is 3.11 Å². The van der Waals surface area contributed by atoms with Gasteiger partial charge in [0.25, 0.3) is 0 Å². The maximum absolute atomic E-state index is 2.42. The molecule has 0 amide bonds. The molecule has 54 valence electrons. The molecule has 0 unspecified atom stereocenters. The molecule has 1 rings (SSSR count). The molecule has 1 aliphatic heterocycles. The van der Waals surface area contributed by atoms with E-state index in [4.69, 9.17) is 0 Å². The minimum Gasteiger partial charge on any atom is -0.248 e. The first kappa shape index (κ1) is 7.79. The normalized spacial score (nSPS) is 32.0. The van der Waals surface area contributed by atoms with Gasteiger partial charge in [-0.15, -0.1) is 0 Å². The highest BCUT2D eigenvalue weighted by atomic mass is 127. The Hall–Kier alpha value is 0.690. The van der Waals surface area contributed by atoms with Crippen LogP contribution in [0.5, 0.6) is 0 Å². The molecule has 1 saturated heterocycles. The SMILES string of the molecule is C[C@@H]1CCCN(I)CC1. The molecule has 1 heterocycles. The van der Waals surface area contributed by atoms with Crippen molar-refractivity contribution in [1.29, 1.82) is 0 Å². The maximum Gasteiger partial charge on any atom is 0.0201 e. The van der Waals surface area contributed by atoms with Crippen LogP contribution in [0.3, 0.4) is 0 Å². The van der Waals surface area contributed by atoms with Crippen molar-refractivity contribution in [3.63, 3.8) is 0 Å². The fourth-order valence-corrected chi connectivity index (χ4v) is 1.85. The van der Waals surface area contributed by atoms with E-state index in [1.807, 2.05) is 0 Å². The van der Waals surface area contributed by atoms with Gasteiger partial charge in [-0.05, 0) is 25.2 Å². The standard InChI is InChI=1S/C7H14IN/c1-7-3-2-5-9(8)6-4-7/h7H,2-6H2,1H3/t7-/m1/s1. The fourth-order valence-electron chi connectivity index (χ4n) is 1.23. The first-order valence-electron chi connectivity index (χ1n) is 3.70. The third-order valence-corrected chi connectivity index (χ3v) is 2.93. The summed E-state index contributed by atoms with van der Waals surface area (Å²) in [7, 11) is 0. The Kier molecular flexibility index (Phi) is 3.26. The van der Waals surface area contributed by atoms with Gasteiger partial charge >= 0.3 is 0 Å². The molecular formula is C7H14IN. The Labute approximate surface area is 71.3 Å². The van der Waals surface area contributed by atoms with Crippen LogP contribution >= 0.6 is 22.9 Å². The Morgan fingerprint density at radius 2 is 2.11 bits per heavy atom. The third-order valence-electron chi connectivity index (χ3n) is 1.96. The van der Waals surface area contributed by atoms with Crippen molar-refractivity contribution in [2.24, 2.45) is 5.92 Å². The summed E-state index contributed by atoms with van der Waals surface area (Å²) in [6, 6.07) is 0. The number of halogens is 1. The molecule has 0 aromatic rings. The van der Waals surface area contributed by atoms with Crippen LogP contribution in [-0.4, -0.2) is 16.2 Å². The zero-order valence-corrected chi connectivity index (χ0v) is 8.10. The Morgan fingerprint density at radius 3 is 2.89 bits per heavy atom. The monoisotopic (exact) mass is 239 g/mol. The summed E-state index contributed by atoms with van der Waals surface area (Å²) in [6.07, 6.45) is 4.21. The highest BCUT2D eigenvalue weighted by Crippen LogP contribution is 2.18. The predicted octanol–water partition coefficient (Wildman–Crippen LogP) is 2.46. The molecular weight excluding hydrogens is 225 g/mol. The molecule has 0 aliphatic carbocycles. The van der Waals surface area contributed by atoms with Gasteiger partial charge in [0.2, 0.25) is 0 Å². The van der Waals surface area contributed by atoms with E-state index in [0.717, 1.165) is 5.92 Å².